The van der Waals surface area contributed by atoms with Gasteiger partial charge in [-0.3, -0.25) is 0 Å². The molecule has 3 N–H and O–H groups in total. The van der Waals surface area contributed by atoms with Gasteiger partial charge in [-0.15, -0.1) is 0 Å². The second-order valence-corrected chi connectivity index (χ2v) is 5.95. The number of nitrogens with zero attached hydrogens (tertiary/aromatic N) is 3. The number of anilines is 2. The van der Waals surface area contributed by atoms with Crippen molar-refractivity contribution in [3.05, 3.63) is 11.9 Å². The smallest absolute Gasteiger partial charge is 0.145 e. The van der Waals surface area contributed by atoms with Crippen LogP contribution in [-0.2, 0) is 6.42 Å². The van der Waals surface area contributed by atoms with Gasteiger partial charge in [0.25, 0.3) is 0 Å². The third-order valence-corrected chi connectivity index (χ3v) is 4.26. The Labute approximate surface area is 121 Å². The first-order chi connectivity index (χ1) is 9.63. The van der Waals surface area contributed by atoms with Gasteiger partial charge in [0.05, 0.1) is 0 Å². The molecule has 0 radical (unpaired) electrons. The van der Waals surface area contributed by atoms with E-state index < -0.39 is 0 Å². The van der Waals surface area contributed by atoms with E-state index in [1.807, 2.05) is 6.07 Å². The van der Waals surface area contributed by atoms with Gasteiger partial charge < -0.3 is 10.3 Å². The van der Waals surface area contributed by atoms with E-state index in [1.54, 1.807) is 0 Å². The molecule has 1 aliphatic rings. The van der Waals surface area contributed by atoms with Gasteiger partial charge in [-0.05, 0) is 31.1 Å². The molecule has 1 fully saturated rings. The van der Waals surface area contributed by atoms with Gasteiger partial charge in [0.2, 0.25) is 0 Å². The first-order valence-electron chi connectivity index (χ1n) is 7.73. The maximum Gasteiger partial charge on any atom is 0.145 e. The van der Waals surface area contributed by atoms with Crippen LogP contribution in [0.25, 0.3) is 0 Å². The number of nitrogens with two attached hydrogens (primary N) is 1. The first-order valence-corrected chi connectivity index (χ1v) is 7.73. The molecule has 0 amide bonds. The Morgan fingerprint density at radius 1 is 1.35 bits per heavy atom. The van der Waals surface area contributed by atoms with Crippen molar-refractivity contribution in [3.8, 4) is 0 Å². The van der Waals surface area contributed by atoms with Gasteiger partial charge in [0.15, 0.2) is 0 Å². The van der Waals surface area contributed by atoms with Gasteiger partial charge in [0.1, 0.15) is 17.5 Å². The summed E-state index contributed by atoms with van der Waals surface area (Å²) >= 11 is 0. The Balaban J connectivity index is 2.14. The number of aryl methyl sites for hydroxylation is 1. The summed E-state index contributed by atoms with van der Waals surface area (Å²) in [7, 11) is 0. The summed E-state index contributed by atoms with van der Waals surface area (Å²) in [6.07, 6.45) is 4.63. The molecule has 1 unspecified atom stereocenters. The third-order valence-electron chi connectivity index (χ3n) is 4.26. The monoisotopic (exact) mass is 277 g/mol. The normalized spacial score (nSPS) is 20.1. The van der Waals surface area contributed by atoms with Crippen molar-refractivity contribution in [2.45, 2.75) is 46.5 Å². The highest BCUT2D eigenvalue weighted by molar-refractivity contribution is 5.49. The van der Waals surface area contributed by atoms with Gasteiger partial charge in [-0.2, -0.15) is 0 Å². The van der Waals surface area contributed by atoms with Crippen molar-refractivity contribution in [2.75, 3.05) is 23.4 Å². The minimum atomic E-state index is 0.705. The lowest BCUT2D eigenvalue weighted by Gasteiger charge is -2.23. The molecule has 0 aliphatic carbocycles. The van der Waals surface area contributed by atoms with Crippen LogP contribution in [-0.4, -0.2) is 23.1 Å². The quantitative estimate of drug-likeness (QED) is 0.654. The molecule has 5 nitrogen and oxygen atoms in total. The highest BCUT2D eigenvalue weighted by atomic mass is 15.3. The lowest BCUT2D eigenvalue weighted by atomic mass is 9.89. The molecule has 1 saturated heterocycles. The van der Waals surface area contributed by atoms with Crippen LogP contribution in [0.2, 0.25) is 0 Å². The zero-order chi connectivity index (χ0) is 14.5. The van der Waals surface area contributed by atoms with E-state index in [0.717, 1.165) is 43.0 Å². The van der Waals surface area contributed by atoms with E-state index in [2.05, 4.69) is 41.1 Å². The van der Waals surface area contributed by atoms with Crippen LogP contribution >= 0.6 is 0 Å². The van der Waals surface area contributed by atoms with Crippen molar-refractivity contribution >= 4 is 11.6 Å². The predicted octanol–water partition coefficient (Wildman–Crippen LogP) is 2.59. The zero-order valence-electron chi connectivity index (χ0n) is 12.9. The molecule has 1 aromatic rings. The summed E-state index contributed by atoms with van der Waals surface area (Å²) in [5.41, 5.74) is 2.65. The van der Waals surface area contributed by atoms with E-state index in [0.29, 0.717) is 5.82 Å². The molecule has 20 heavy (non-hydrogen) atoms. The van der Waals surface area contributed by atoms with Crippen molar-refractivity contribution in [1.82, 2.24) is 9.97 Å². The van der Waals surface area contributed by atoms with Crippen molar-refractivity contribution < 1.29 is 0 Å². The molecule has 1 aromatic heterocycles. The fourth-order valence-corrected chi connectivity index (χ4v) is 2.90. The molecule has 0 aromatic carbocycles. The van der Waals surface area contributed by atoms with Crippen LogP contribution in [0.3, 0.4) is 0 Å². The number of hydrazine groups is 1. The summed E-state index contributed by atoms with van der Waals surface area (Å²) in [5.74, 6) is 9.67. The van der Waals surface area contributed by atoms with Crippen LogP contribution in [0.5, 0.6) is 0 Å². The number of nitrogen functional groups attached to an aromatic ring is 1. The highest BCUT2D eigenvalue weighted by Gasteiger charge is 2.20. The summed E-state index contributed by atoms with van der Waals surface area (Å²) in [4.78, 5) is 11.4. The van der Waals surface area contributed by atoms with E-state index in [4.69, 9.17) is 5.84 Å². The summed E-state index contributed by atoms with van der Waals surface area (Å²) in [6.45, 7) is 8.88. The molecule has 0 bridgehead atoms. The first kappa shape index (κ1) is 15.0. The Morgan fingerprint density at radius 2 is 2.15 bits per heavy atom. The third kappa shape index (κ3) is 3.60. The summed E-state index contributed by atoms with van der Waals surface area (Å²) in [6, 6.07) is 1.95. The molecule has 1 aliphatic heterocycles. The maximum absolute atomic E-state index is 5.51. The predicted molar refractivity (Wildman–Crippen MR) is 83.6 cm³/mol. The molecular weight excluding hydrogens is 250 g/mol. The van der Waals surface area contributed by atoms with Gasteiger partial charge in [-0.1, -0.05) is 20.8 Å². The Morgan fingerprint density at radius 3 is 2.80 bits per heavy atom. The largest absolute Gasteiger partial charge is 0.356 e. The van der Waals surface area contributed by atoms with Crippen molar-refractivity contribution in [1.29, 1.82) is 0 Å². The van der Waals surface area contributed by atoms with Crippen molar-refractivity contribution in [3.63, 3.8) is 0 Å². The second kappa shape index (κ2) is 6.88. The van der Waals surface area contributed by atoms with E-state index >= 15 is 0 Å². The summed E-state index contributed by atoms with van der Waals surface area (Å²) < 4.78 is 0. The maximum atomic E-state index is 5.51. The molecule has 5 heteroatoms. The van der Waals surface area contributed by atoms with Crippen molar-refractivity contribution in [2.24, 2.45) is 17.7 Å². The fourth-order valence-electron chi connectivity index (χ4n) is 2.90. The Bertz CT molecular complexity index is 410. The average molecular weight is 277 g/mol. The Hall–Kier alpha value is -1.36. The standard InChI is InChI=1S/C15H27N5/c1-4-13-17-14(19-16)10-15(18-13)20-8-5-6-12(7-9-20)11(2)3/h10-12H,4-9,16H2,1-3H3,(H,17,18,19). The SMILES string of the molecule is CCc1nc(NN)cc(N2CCCC(C(C)C)CC2)n1. The topological polar surface area (TPSA) is 67.1 Å². The van der Waals surface area contributed by atoms with E-state index in [1.165, 1.54) is 19.3 Å². The van der Waals surface area contributed by atoms with E-state index in [-0.39, 0.29) is 0 Å². The minimum absolute atomic E-state index is 0.705. The van der Waals surface area contributed by atoms with E-state index in [9.17, 15) is 0 Å². The lowest BCUT2D eigenvalue weighted by Crippen LogP contribution is -2.26. The number of hydrogen-bond acceptors (Lipinski definition) is 5. The minimum Gasteiger partial charge on any atom is -0.356 e. The van der Waals surface area contributed by atoms with Gasteiger partial charge in [0, 0.05) is 25.6 Å². The fraction of sp³-hybridized carbons (Fsp3) is 0.733. The zero-order valence-corrected chi connectivity index (χ0v) is 12.9. The molecule has 112 valence electrons. The highest BCUT2D eigenvalue weighted by Crippen LogP contribution is 2.27. The lowest BCUT2D eigenvalue weighted by molar-refractivity contribution is 0.351. The molecule has 0 saturated carbocycles. The average Bonchev–Trinajstić information content (AvgIpc) is 2.72. The number of aromatic nitrogens is 2. The van der Waals surface area contributed by atoms with Crippen LogP contribution in [0, 0.1) is 11.8 Å². The molecule has 2 rings (SSSR count). The number of nitrogens with one attached hydrogen (secondary N) is 1. The van der Waals surface area contributed by atoms with Crippen LogP contribution in [0.15, 0.2) is 6.07 Å². The molecule has 1 atom stereocenters. The van der Waals surface area contributed by atoms with Crippen LogP contribution in [0.4, 0.5) is 11.6 Å². The number of rotatable bonds is 4. The molecule has 0 spiro atoms. The van der Waals surface area contributed by atoms with Gasteiger partial charge in [-0.25, -0.2) is 15.8 Å². The summed E-state index contributed by atoms with van der Waals surface area (Å²) in [5, 5.41) is 0. The van der Waals surface area contributed by atoms with Crippen LogP contribution < -0.4 is 16.2 Å². The second-order valence-electron chi connectivity index (χ2n) is 5.95. The number of hydrogen-bond donors (Lipinski definition) is 2. The van der Waals surface area contributed by atoms with Gasteiger partial charge >= 0.3 is 0 Å². The van der Waals surface area contributed by atoms with Crippen LogP contribution in [0.1, 0.15) is 45.9 Å². The Kier molecular flexibility index (Phi) is 5.17. The molecular formula is C15H27N5. The molecule has 2 heterocycles.